The van der Waals surface area contributed by atoms with Gasteiger partial charge in [-0.25, -0.2) is 12.7 Å². The maximum absolute atomic E-state index is 12.3. The molecule has 0 amide bonds. The van der Waals surface area contributed by atoms with Crippen LogP contribution in [-0.2, 0) is 10.0 Å². The number of alkyl halides is 3. The number of ether oxygens (including phenoxy) is 1. The van der Waals surface area contributed by atoms with Crippen molar-refractivity contribution in [3.8, 4) is 22.6 Å². The van der Waals surface area contributed by atoms with Crippen LogP contribution in [0, 0.1) is 0 Å². The summed E-state index contributed by atoms with van der Waals surface area (Å²) in [5.74, 6) is -0.973. The van der Waals surface area contributed by atoms with E-state index in [4.69, 9.17) is 0 Å². The highest BCUT2D eigenvalue weighted by molar-refractivity contribution is 7.89. The van der Waals surface area contributed by atoms with Gasteiger partial charge >= 0.3 is 6.36 Å². The minimum absolute atomic E-state index is 0.0446. The van der Waals surface area contributed by atoms with Crippen molar-refractivity contribution in [1.29, 1.82) is 0 Å². The van der Waals surface area contributed by atoms with E-state index < -0.39 is 27.9 Å². The van der Waals surface area contributed by atoms with Crippen molar-refractivity contribution in [2.24, 2.45) is 0 Å². The Kier molecular flexibility index (Phi) is 4.77. The number of hydrogen-bond acceptors (Lipinski definition) is 4. The molecule has 1 N–H and O–H groups in total. The third-order valence-corrected chi connectivity index (χ3v) is 4.92. The lowest BCUT2D eigenvalue weighted by Gasteiger charge is -2.13. The zero-order valence-electron chi connectivity index (χ0n) is 12.7. The van der Waals surface area contributed by atoms with E-state index in [0.29, 0.717) is 5.56 Å². The second-order valence-electron chi connectivity index (χ2n) is 5.08. The summed E-state index contributed by atoms with van der Waals surface area (Å²) < 4.78 is 65.7. The molecule has 0 saturated heterocycles. The van der Waals surface area contributed by atoms with Gasteiger partial charge in [-0.3, -0.25) is 0 Å². The minimum Gasteiger partial charge on any atom is -0.508 e. The number of nitrogens with zero attached hydrogens (tertiary/aromatic N) is 1. The fraction of sp³-hybridized carbons (Fsp3) is 0.200. The van der Waals surface area contributed by atoms with E-state index in [2.05, 4.69) is 4.74 Å². The topological polar surface area (TPSA) is 66.8 Å². The number of aromatic hydroxyl groups is 1. The number of phenols is 1. The van der Waals surface area contributed by atoms with Crippen LogP contribution in [0.25, 0.3) is 11.1 Å². The van der Waals surface area contributed by atoms with Gasteiger partial charge in [-0.15, -0.1) is 13.2 Å². The SMILES string of the molecule is CN(C)S(=O)(=O)c1ccc(-c2cc(O)cc(OC(F)(F)F)c2)cc1. The van der Waals surface area contributed by atoms with Crippen molar-refractivity contribution in [3.05, 3.63) is 42.5 Å². The van der Waals surface area contributed by atoms with Gasteiger partial charge in [0.25, 0.3) is 0 Å². The molecule has 0 bridgehead atoms. The molecule has 130 valence electrons. The predicted molar refractivity (Wildman–Crippen MR) is 81.1 cm³/mol. The van der Waals surface area contributed by atoms with E-state index in [1.54, 1.807) is 0 Å². The number of hydrogen-bond donors (Lipinski definition) is 1. The van der Waals surface area contributed by atoms with Gasteiger partial charge in [0.2, 0.25) is 10.0 Å². The molecule has 0 aliphatic carbocycles. The van der Waals surface area contributed by atoms with Gasteiger partial charge in [-0.2, -0.15) is 0 Å². The number of phenolic OH excluding ortho intramolecular Hbond substituents is 1. The second kappa shape index (κ2) is 6.33. The Labute approximate surface area is 137 Å². The molecule has 0 heterocycles. The summed E-state index contributed by atoms with van der Waals surface area (Å²) in [6.07, 6.45) is -4.88. The van der Waals surface area contributed by atoms with E-state index in [9.17, 15) is 26.7 Å². The van der Waals surface area contributed by atoms with Gasteiger partial charge in [0.15, 0.2) is 0 Å². The first-order valence-electron chi connectivity index (χ1n) is 6.62. The Morgan fingerprint density at radius 3 is 2.08 bits per heavy atom. The van der Waals surface area contributed by atoms with E-state index in [1.165, 1.54) is 44.4 Å². The lowest BCUT2D eigenvalue weighted by atomic mass is 10.1. The molecule has 2 aromatic carbocycles. The molecule has 0 atom stereocenters. The quantitative estimate of drug-likeness (QED) is 0.908. The summed E-state index contributed by atoms with van der Waals surface area (Å²) in [5.41, 5.74) is 0.679. The first-order chi connectivity index (χ1) is 11.0. The molecule has 0 radical (unpaired) electrons. The summed E-state index contributed by atoms with van der Waals surface area (Å²) in [6, 6.07) is 8.71. The van der Waals surface area contributed by atoms with Gasteiger partial charge in [0.05, 0.1) is 4.90 Å². The smallest absolute Gasteiger partial charge is 0.508 e. The highest BCUT2D eigenvalue weighted by Crippen LogP contribution is 2.32. The zero-order chi connectivity index (χ0) is 18.1. The Morgan fingerprint density at radius 1 is 1.00 bits per heavy atom. The Morgan fingerprint density at radius 2 is 1.58 bits per heavy atom. The molecule has 0 spiro atoms. The largest absolute Gasteiger partial charge is 0.573 e. The lowest BCUT2D eigenvalue weighted by molar-refractivity contribution is -0.274. The van der Waals surface area contributed by atoms with Crippen molar-refractivity contribution >= 4 is 10.0 Å². The molecule has 24 heavy (non-hydrogen) atoms. The van der Waals surface area contributed by atoms with Crippen LogP contribution < -0.4 is 4.74 Å². The van der Waals surface area contributed by atoms with Crippen LogP contribution >= 0.6 is 0 Å². The average Bonchev–Trinajstić information content (AvgIpc) is 2.44. The van der Waals surface area contributed by atoms with Crippen LogP contribution in [0.15, 0.2) is 47.4 Å². The zero-order valence-corrected chi connectivity index (χ0v) is 13.5. The summed E-state index contributed by atoms with van der Waals surface area (Å²) in [4.78, 5) is 0.0446. The summed E-state index contributed by atoms with van der Waals surface area (Å²) in [5, 5.41) is 9.56. The number of benzene rings is 2. The fourth-order valence-electron chi connectivity index (χ4n) is 1.97. The Bertz CT molecular complexity index is 831. The Balaban J connectivity index is 2.39. The van der Waals surface area contributed by atoms with Gasteiger partial charge in [0.1, 0.15) is 11.5 Å². The van der Waals surface area contributed by atoms with Gasteiger partial charge in [-0.1, -0.05) is 12.1 Å². The summed E-state index contributed by atoms with van der Waals surface area (Å²) >= 11 is 0. The number of sulfonamides is 1. The maximum atomic E-state index is 12.3. The van der Waals surface area contributed by atoms with Crippen LogP contribution in [0.4, 0.5) is 13.2 Å². The molecule has 2 aromatic rings. The first kappa shape index (κ1) is 18.1. The number of halogens is 3. The van der Waals surface area contributed by atoms with Gasteiger partial charge in [-0.05, 0) is 35.4 Å². The van der Waals surface area contributed by atoms with Crippen molar-refractivity contribution in [2.45, 2.75) is 11.3 Å². The van der Waals surface area contributed by atoms with E-state index in [-0.39, 0.29) is 10.5 Å². The van der Waals surface area contributed by atoms with E-state index in [1.807, 2.05) is 0 Å². The van der Waals surface area contributed by atoms with E-state index in [0.717, 1.165) is 16.4 Å². The molecule has 5 nitrogen and oxygen atoms in total. The molecule has 0 aliphatic rings. The highest BCUT2D eigenvalue weighted by Gasteiger charge is 2.31. The number of rotatable bonds is 4. The summed E-state index contributed by atoms with van der Waals surface area (Å²) in [6.45, 7) is 0. The molecule has 0 unspecified atom stereocenters. The second-order valence-corrected chi connectivity index (χ2v) is 7.23. The van der Waals surface area contributed by atoms with Crippen molar-refractivity contribution in [1.82, 2.24) is 4.31 Å². The van der Waals surface area contributed by atoms with Gasteiger partial charge < -0.3 is 9.84 Å². The van der Waals surface area contributed by atoms with Crippen molar-refractivity contribution in [2.75, 3.05) is 14.1 Å². The molecule has 0 aliphatic heterocycles. The highest BCUT2D eigenvalue weighted by atomic mass is 32.2. The first-order valence-corrected chi connectivity index (χ1v) is 8.06. The van der Waals surface area contributed by atoms with E-state index >= 15 is 0 Å². The maximum Gasteiger partial charge on any atom is 0.573 e. The molecule has 9 heteroatoms. The van der Waals surface area contributed by atoms with Gasteiger partial charge in [0, 0.05) is 20.2 Å². The van der Waals surface area contributed by atoms with Crippen LogP contribution in [0.1, 0.15) is 0 Å². The Hall–Kier alpha value is -2.26. The third kappa shape index (κ3) is 4.18. The van der Waals surface area contributed by atoms with Crippen LogP contribution in [-0.4, -0.2) is 38.3 Å². The monoisotopic (exact) mass is 361 g/mol. The molecular weight excluding hydrogens is 347 g/mol. The average molecular weight is 361 g/mol. The molecule has 0 saturated carbocycles. The van der Waals surface area contributed by atoms with Crippen LogP contribution in [0.3, 0.4) is 0 Å². The standard InChI is InChI=1S/C15H14F3NO4S/c1-19(2)24(21,22)14-5-3-10(4-6-14)11-7-12(20)9-13(8-11)23-15(16,17)18/h3-9,20H,1-2H3. The van der Waals surface area contributed by atoms with Crippen molar-refractivity contribution in [3.63, 3.8) is 0 Å². The minimum atomic E-state index is -4.88. The van der Waals surface area contributed by atoms with Crippen LogP contribution in [0.2, 0.25) is 0 Å². The summed E-state index contributed by atoms with van der Waals surface area (Å²) in [7, 11) is -0.829. The third-order valence-electron chi connectivity index (χ3n) is 3.09. The molecule has 0 fully saturated rings. The fourth-order valence-corrected chi connectivity index (χ4v) is 2.87. The lowest BCUT2D eigenvalue weighted by Crippen LogP contribution is -2.22. The molecule has 0 aromatic heterocycles. The van der Waals surface area contributed by atoms with Crippen molar-refractivity contribution < 1.29 is 31.4 Å². The molecular formula is C15H14F3NO4S. The molecule has 2 rings (SSSR count). The van der Waals surface area contributed by atoms with Crippen LogP contribution in [0.5, 0.6) is 11.5 Å². The normalized spacial score (nSPS) is 12.4. The predicted octanol–water partition coefficient (Wildman–Crippen LogP) is 3.21.